The Labute approximate surface area is 128 Å². The topological polar surface area (TPSA) is 55.1 Å². The highest BCUT2D eigenvalue weighted by Gasteiger charge is 2.32. The third-order valence-electron chi connectivity index (χ3n) is 4.86. The average molecular weight is 288 g/mol. The monoisotopic (exact) mass is 288 g/mol. The molecule has 1 saturated carbocycles. The largest absolute Gasteiger partial charge is 0.399 e. The maximum Gasteiger partial charge on any atom is 0.227 e. The van der Waals surface area contributed by atoms with E-state index in [9.17, 15) is 4.79 Å². The van der Waals surface area contributed by atoms with Crippen LogP contribution in [0.5, 0.6) is 0 Å². The van der Waals surface area contributed by atoms with E-state index in [1.165, 1.54) is 0 Å². The van der Waals surface area contributed by atoms with Gasteiger partial charge in [-0.15, -0.1) is 0 Å². The number of carbonyl (C=O) groups excluding carboxylic acids is 1. The standard InChI is InChI=1S/C18H28N2O/c1-12-11-15(9-10-16(12)19)20-17(21)13-5-7-14(8-6-13)18(2,3)4/h9-11,13-14H,5-8,19H2,1-4H3,(H,20,21). The summed E-state index contributed by atoms with van der Waals surface area (Å²) in [5, 5.41) is 3.04. The van der Waals surface area contributed by atoms with Crippen LogP contribution in [0.3, 0.4) is 0 Å². The molecule has 1 aromatic rings. The molecule has 116 valence electrons. The molecule has 1 aromatic carbocycles. The lowest BCUT2D eigenvalue weighted by atomic mass is 9.69. The summed E-state index contributed by atoms with van der Waals surface area (Å²) in [6.45, 7) is 8.86. The Hall–Kier alpha value is -1.51. The van der Waals surface area contributed by atoms with E-state index in [2.05, 4.69) is 26.1 Å². The van der Waals surface area contributed by atoms with Crippen LogP contribution < -0.4 is 11.1 Å². The average Bonchev–Trinajstić information content (AvgIpc) is 2.42. The molecule has 0 unspecified atom stereocenters. The number of carbonyl (C=O) groups is 1. The molecular formula is C18H28N2O. The van der Waals surface area contributed by atoms with Crippen LogP contribution >= 0.6 is 0 Å². The van der Waals surface area contributed by atoms with Crippen molar-refractivity contribution in [2.24, 2.45) is 17.3 Å². The predicted molar refractivity (Wildman–Crippen MR) is 89.1 cm³/mol. The number of aryl methyl sites for hydroxylation is 1. The molecule has 0 bridgehead atoms. The van der Waals surface area contributed by atoms with Gasteiger partial charge in [0.05, 0.1) is 0 Å². The molecule has 3 heteroatoms. The van der Waals surface area contributed by atoms with E-state index in [-0.39, 0.29) is 11.8 Å². The van der Waals surface area contributed by atoms with Crippen LogP contribution in [0.25, 0.3) is 0 Å². The van der Waals surface area contributed by atoms with E-state index >= 15 is 0 Å². The highest BCUT2D eigenvalue weighted by atomic mass is 16.1. The zero-order valence-corrected chi connectivity index (χ0v) is 13.7. The molecule has 3 N–H and O–H groups in total. The summed E-state index contributed by atoms with van der Waals surface area (Å²) < 4.78 is 0. The molecule has 1 fully saturated rings. The van der Waals surface area contributed by atoms with Crippen LogP contribution in [0.2, 0.25) is 0 Å². The van der Waals surface area contributed by atoms with Crippen molar-refractivity contribution in [3.63, 3.8) is 0 Å². The Bertz CT molecular complexity index is 508. The van der Waals surface area contributed by atoms with Crippen molar-refractivity contribution in [2.45, 2.75) is 53.4 Å². The number of hydrogen-bond acceptors (Lipinski definition) is 2. The fraction of sp³-hybridized carbons (Fsp3) is 0.611. The first kappa shape index (κ1) is 15.9. The minimum atomic E-state index is 0.154. The second-order valence-corrected chi connectivity index (χ2v) is 7.48. The van der Waals surface area contributed by atoms with Crippen LogP contribution in [0.15, 0.2) is 18.2 Å². The summed E-state index contributed by atoms with van der Waals surface area (Å²) in [6.07, 6.45) is 4.31. The smallest absolute Gasteiger partial charge is 0.227 e. The summed E-state index contributed by atoms with van der Waals surface area (Å²) in [6, 6.07) is 5.66. The molecule has 0 saturated heterocycles. The van der Waals surface area contributed by atoms with Gasteiger partial charge in [0.1, 0.15) is 0 Å². The van der Waals surface area contributed by atoms with Crippen molar-refractivity contribution < 1.29 is 4.79 Å². The molecule has 1 amide bonds. The zero-order chi connectivity index (χ0) is 15.6. The van der Waals surface area contributed by atoms with Gasteiger partial charge in [-0.1, -0.05) is 20.8 Å². The van der Waals surface area contributed by atoms with Gasteiger partial charge in [-0.25, -0.2) is 0 Å². The molecule has 0 aliphatic heterocycles. The van der Waals surface area contributed by atoms with Gasteiger partial charge in [0.25, 0.3) is 0 Å². The summed E-state index contributed by atoms with van der Waals surface area (Å²) in [7, 11) is 0. The number of rotatable bonds is 2. The maximum absolute atomic E-state index is 12.4. The van der Waals surface area contributed by atoms with Crippen molar-refractivity contribution >= 4 is 17.3 Å². The van der Waals surface area contributed by atoms with Gasteiger partial charge in [0.15, 0.2) is 0 Å². The van der Waals surface area contributed by atoms with Gasteiger partial charge >= 0.3 is 0 Å². The van der Waals surface area contributed by atoms with Gasteiger partial charge in [-0.3, -0.25) is 4.79 Å². The van der Waals surface area contributed by atoms with Gasteiger partial charge in [-0.05, 0) is 67.7 Å². The quantitative estimate of drug-likeness (QED) is 0.794. The minimum absolute atomic E-state index is 0.154. The van der Waals surface area contributed by atoms with Gasteiger partial charge in [0.2, 0.25) is 5.91 Å². The summed E-state index contributed by atoms with van der Waals surface area (Å²) >= 11 is 0. The lowest BCUT2D eigenvalue weighted by molar-refractivity contribution is -0.121. The van der Waals surface area contributed by atoms with E-state index in [1.54, 1.807) is 0 Å². The molecule has 2 rings (SSSR count). The number of hydrogen-bond donors (Lipinski definition) is 2. The lowest BCUT2D eigenvalue weighted by Crippen LogP contribution is -2.31. The number of benzene rings is 1. The molecule has 21 heavy (non-hydrogen) atoms. The third-order valence-corrected chi connectivity index (χ3v) is 4.86. The molecule has 1 aliphatic rings. The first-order valence-electron chi connectivity index (χ1n) is 7.94. The molecule has 0 aromatic heterocycles. The Morgan fingerprint density at radius 2 is 1.81 bits per heavy atom. The Morgan fingerprint density at radius 3 is 2.33 bits per heavy atom. The molecular weight excluding hydrogens is 260 g/mol. The fourth-order valence-electron chi connectivity index (χ4n) is 3.22. The van der Waals surface area contributed by atoms with Crippen LogP contribution in [0.1, 0.15) is 52.0 Å². The first-order chi connectivity index (χ1) is 9.77. The number of amides is 1. The van der Waals surface area contributed by atoms with Crippen molar-refractivity contribution in [1.29, 1.82) is 0 Å². The number of nitrogen functional groups attached to an aromatic ring is 1. The van der Waals surface area contributed by atoms with Crippen molar-refractivity contribution in [1.82, 2.24) is 0 Å². The zero-order valence-electron chi connectivity index (χ0n) is 13.7. The van der Waals surface area contributed by atoms with Crippen LogP contribution in [-0.4, -0.2) is 5.91 Å². The fourth-order valence-corrected chi connectivity index (χ4v) is 3.22. The maximum atomic E-state index is 12.4. The van der Waals surface area contributed by atoms with Crippen molar-refractivity contribution in [3.05, 3.63) is 23.8 Å². The first-order valence-corrected chi connectivity index (χ1v) is 7.94. The summed E-state index contributed by atoms with van der Waals surface area (Å²) in [4.78, 5) is 12.4. The molecule has 3 nitrogen and oxygen atoms in total. The normalized spacial score (nSPS) is 22.9. The van der Waals surface area contributed by atoms with Crippen molar-refractivity contribution in [3.8, 4) is 0 Å². The predicted octanol–water partition coefficient (Wildman–Crippen LogP) is 4.37. The third kappa shape index (κ3) is 3.99. The number of nitrogens with two attached hydrogens (primary N) is 1. The Balaban J connectivity index is 1.92. The second kappa shape index (κ2) is 6.08. The minimum Gasteiger partial charge on any atom is -0.399 e. The van der Waals surface area contributed by atoms with E-state index in [4.69, 9.17) is 5.73 Å². The Kier molecular flexibility index (Phi) is 4.60. The number of nitrogens with one attached hydrogen (secondary N) is 1. The molecule has 0 heterocycles. The second-order valence-electron chi connectivity index (χ2n) is 7.48. The van der Waals surface area contributed by atoms with Gasteiger partial charge < -0.3 is 11.1 Å². The summed E-state index contributed by atoms with van der Waals surface area (Å²) in [5.74, 6) is 1.05. The highest BCUT2D eigenvalue weighted by Crippen LogP contribution is 2.40. The van der Waals surface area contributed by atoms with Gasteiger partial charge in [-0.2, -0.15) is 0 Å². The van der Waals surface area contributed by atoms with E-state index < -0.39 is 0 Å². The Morgan fingerprint density at radius 1 is 1.19 bits per heavy atom. The highest BCUT2D eigenvalue weighted by molar-refractivity contribution is 5.92. The van der Waals surface area contributed by atoms with E-state index in [0.29, 0.717) is 5.41 Å². The SMILES string of the molecule is Cc1cc(NC(=O)C2CCC(C(C)(C)C)CC2)ccc1N. The summed E-state index contributed by atoms with van der Waals surface area (Å²) in [5.41, 5.74) is 8.78. The van der Waals surface area contributed by atoms with Crippen LogP contribution in [0, 0.1) is 24.2 Å². The molecule has 0 spiro atoms. The van der Waals surface area contributed by atoms with Gasteiger partial charge in [0, 0.05) is 17.3 Å². The van der Waals surface area contributed by atoms with E-state index in [0.717, 1.165) is 48.5 Å². The molecule has 0 radical (unpaired) electrons. The van der Waals surface area contributed by atoms with Crippen LogP contribution in [-0.2, 0) is 4.79 Å². The van der Waals surface area contributed by atoms with E-state index in [1.807, 2.05) is 25.1 Å². The van der Waals surface area contributed by atoms with Crippen molar-refractivity contribution in [2.75, 3.05) is 11.1 Å². The molecule has 1 aliphatic carbocycles. The number of anilines is 2. The molecule has 0 atom stereocenters. The lowest BCUT2D eigenvalue weighted by Gasteiger charge is -2.36. The van der Waals surface area contributed by atoms with Crippen LogP contribution in [0.4, 0.5) is 11.4 Å².